The molecule has 0 saturated heterocycles. The van der Waals surface area contributed by atoms with Crippen LogP contribution >= 0.6 is 0 Å². The van der Waals surface area contributed by atoms with Crippen LogP contribution in [0.25, 0.3) is 0 Å². The van der Waals surface area contributed by atoms with Crippen molar-refractivity contribution in [1.82, 2.24) is 16.0 Å². The van der Waals surface area contributed by atoms with Gasteiger partial charge in [0, 0.05) is 12.0 Å². The smallest absolute Gasteiger partial charge is 0.405 e. The third kappa shape index (κ3) is 7.05. The van der Waals surface area contributed by atoms with Crippen molar-refractivity contribution in [3.63, 3.8) is 0 Å². The molecule has 1 aliphatic rings. The van der Waals surface area contributed by atoms with E-state index in [1.807, 2.05) is 51.1 Å². The zero-order chi connectivity index (χ0) is 21.6. The number of aliphatic hydroxyl groups excluding tert-OH is 1. The summed E-state index contributed by atoms with van der Waals surface area (Å²) in [5.41, 5.74) is 0.850. The second-order valence-electron chi connectivity index (χ2n) is 8.09. The Labute approximate surface area is 171 Å². The summed E-state index contributed by atoms with van der Waals surface area (Å²) in [6.45, 7) is 5.58. The maximum atomic E-state index is 12.8. The number of amides is 3. The predicted octanol–water partition coefficient (Wildman–Crippen LogP) is 1.60. The Bertz CT molecular complexity index is 706. The summed E-state index contributed by atoms with van der Waals surface area (Å²) in [5, 5.41) is 27.5. The molecular formula is C21H31N3O5. The minimum absolute atomic E-state index is 0.0721. The Morgan fingerprint density at radius 2 is 1.66 bits per heavy atom. The second kappa shape index (κ2) is 10.2. The Morgan fingerprint density at radius 1 is 1.03 bits per heavy atom. The summed E-state index contributed by atoms with van der Waals surface area (Å²) in [4.78, 5) is 36.4. The zero-order valence-electron chi connectivity index (χ0n) is 17.1. The lowest BCUT2D eigenvalue weighted by Gasteiger charge is -2.31. The molecule has 0 spiro atoms. The number of carbonyl (C=O) groups is 3. The van der Waals surface area contributed by atoms with E-state index in [9.17, 15) is 19.5 Å². The van der Waals surface area contributed by atoms with Gasteiger partial charge in [0.05, 0.1) is 6.04 Å². The van der Waals surface area contributed by atoms with Gasteiger partial charge in [-0.25, -0.2) is 4.79 Å². The molecule has 0 aliphatic heterocycles. The third-order valence-corrected chi connectivity index (χ3v) is 5.03. The number of carbonyl (C=O) groups excluding carboxylic acids is 2. The highest BCUT2D eigenvalue weighted by atomic mass is 16.4. The molecule has 2 unspecified atom stereocenters. The van der Waals surface area contributed by atoms with Crippen molar-refractivity contribution in [2.75, 3.05) is 0 Å². The van der Waals surface area contributed by atoms with Crippen LogP contribution in [0, 0.1) is 5.92 Å². The van der Waals surface area contributed by atoms with E-state index in [4.69, 9.17) is 5.11 Å². The monoisotopic (exact) mass is 405 g/mol. The average molecular weight is 405 g/mol. The Morgan fingerprint density at radius 3 is 2.17 bits per heavy atom. The molecule has 5 N–H and O–H groups in total. The SMILES string of the molecule is CC(C)C[C@H](NC(=O)O)C(=O)N[C@H](C(O)C(=O)NC1CC1)C(C)c1ccccc1. The standard InChI is InChI=1S/C21H31N3O5/c1-12(2)11-16(23-21(28)29)19(26)24-17(13(3)14-7-5-4-6-8-14)18(25)20(27)22-15-9-10-15/h4-8,12-13,15-18,23,25H,9-11H2,1-3H3,(H,22,27)(H,24,26)(H,28,29)/t13?,16-,17-,18?/m0/s1. The van der Waals surface area contributed by atoms with E-state index in [-0.39, 0.29) is 17.9 Å². The molecule has 0 radical (unpaired) electrons. The Balaban J connectivity index is 2.21. The Hall–Kier alpha value is -2.61. The molecule has 0 aromatic heterocycles. The number of aliphatic hydroxyl groups is 1. The van der Waals surface area contributed by atoms with E-state index in [0.717, 1.165) is 18.4 Å². The van der Waals surface area contributed by atoms with Gasteiger partial charge >= 0.3 is 6.09 Å². The molecule has 29 heavy (non-hydrogen) atoms. The molecule has 4 atom stereocenters. The van der Waals surface area contributed by atoms with Gasteiger partial charge in [-0.15, -0.1) is 0 Å². The quantitative estimate of drug-likeness (QED) is 0.404. The minimum atomic E-state index is -1.46. The highest BCUT2D eigenvalue weighted by Crippen LogP contribution is 2.23. The van der Waals surface area contributed by atoms with Crippen LogP contribution in [0.4, 0.5) is 4.79 Å². The van der Waals surface area contributed by atoms with E-state index >= 15 is 0 Å². The number of carboxylic acid groups (broad SMARTS) is 1. The molecule has 3 amide bonds. The Kier molecular flexibility index (Phi) is 8.01. The molecule has 0 bridgehead atoms. The number of nitrogens with one attached hydrogen (secondary N) is 3. The minimum Gasteiger partial charge on any atom is -0.465 e. The molecule has 1 fully saturated rings. The van der Waals surface area contributed by atoms with Crippen molar-refractivity contribution in [3.8, 4) is 0 Å². The number of hydrogen-bond donors (Lipinski definition) is 5. The molecule has 1 saturated carbocycles. The van der Waals surface area contributed by atoms with Crippen molar-refractivity contribution in [2.24, 2.45) is 5.92 Å². The van der Waals surface area contributed by atoms with Crippen LogP contribution in [0.3, 0.4) is 0 Å². The van der Waals surface area contributed by atoms with Crippen LogP contribution in [0.2, 0.25) is 0 Å². The van der Waals surface area contributed by atoms with Crippen LogP contribution in [0.1, 0.15) is 51.5 Å². The molecule has 8 heteroatoms. The zero-order valence-corrected chi connectivity index (χ0v) is 17.1. The fourth-order valence-corrected chi connectivity index (χ4v) is 3.24. The van der Waals surface area contributed by atoms with Crippen molar-refractivity contribution in [3.05, 3.63) is 35.9 Å². The first-order valence-electron chi connectivity index (χ1n) is 10.0. The number of rotatable bonds is 10. The van der Waals surface area contributed by atoms with Gasteiger partial charge in [0.2, 0.25) is 5.91 Å². The van der Waals surface area contributed by atoms with Gasteiger partial charge in [-0.1, -0.05) is 51.1 Å². The predicted molar refractivity (Wildman–Crippen MR) is 108 cm³/mol. The summed E-state index contributed by atoms with van der Waals surface area (Å²) in [5.74, 6) is -1.39. The summed E-state index contributed by atoms with van der Waals surface area (Å²) in [6.07, 6.45) is -0.704. The number of benzene rings is 1. The molecule has 1 aromatic carbocycles. The lowest BCUT2D eigenvalue weighted by molar-refractivity contribution is -0.133. The van der Waals surface area contributed by atoms with Crippen molar-refractivity contribution in [1.29, 1.82) is 0 Å². The summed E-state index contributed by atoms with van der Waals surface area (Å²) >= 11 is 0. The normalized spacial score (nSPS) is 17.7. The van der Waals surface area contributed by atoms with Crippen LogP contribution in [-0.4, -0.2) is 52.4 Å². The fraction of sp³-hybridized carbons (Fsp3) is 0.571. The maximum absolute atomic E-state index is 12.8. The lowest BCUT2D eigenvalue weighted by atomic mass is 9.88. The summed E-state index contributed by atoms with van der Waals surface area (Å²) in [6, 6.07) is 7.44. The van der Waals surface area contributed by atoms with Gasteiger partial charge in [-0.05, 0) is 30.7 Å². The van der Waals surface area contributed by atoms with Crippen LogP contribution < -0.4 is 16.0 Å². The van der Waals surface area contributed by atoms with Gasteiger partial charge in [0.25, 0.3) is 5.91 Å². The van der Waals surface area contributed by atoms with Gasteiger partial charge in [0.15, 0.2) is 6.10 Å². The molecule has 0 heterocycles. The van der Waals surface area contributed by atoms with Gasteiger partial charge in [-0.3, -0.25) is 9.59 Å². The maximum Gasteiger partial charge on any atom is 0.405 e. The van der Waals surface area contributed by atoms with Gasteiger partial charge in [-0.2, -0.15) is 0 Å². The first-order valence-corrected chi connectivity index (χ1v) is 10.0. The van der Waals surface area contributed by atoms with E-state index in [2.05, 4.69) is 16.0 Å². The van der Waals surface area contributed by atoms with Crippen molar-refractivity contribution >= 4 is 17.9 Å². The summed E-state index contributed by atoms with van der Waals surface area (Å²) in [7, 11) is 0. The number of hydrogen-bond acceptors (Lipinski definition) is 4. The van der Waals surface area contributed by atoms with Crippen LogP contribution in [-0.2, 0) is 9.59 Å². The topological polar surface area (TPSA) is 128 Å². The first-order chi connectivity index (χ1) is 13.7. The molecule has 2 rings (SSSR count). The lowest BCUT2D eigenvalue weighted by Crippen LogP contribution is -2.57. The largest absolute Gasteiger partial charge is 0.465 e. The van der Waals surface area contributed by atoms with Crippen LogP contribution in [0.15, 0.2) is 30.3 Å². The van der Waals surface area contributed by atoms with Gasteiger partial charge < -0.3 is 26.2 Å². The molecule has 1 aliphatic carbocycles. The highest BCUT2D eigenvalue weighted by Gasteiger charge is 2.36. The average Bonchev–Trinajstić information content (AvgIpc) is 3.48. The highest BCUT2D eigenvalue weighted by molar-refractivity contribution is 5.87. The fourth-order valence-electron chi connectivity index (χ4n) is 3.24. The molecule has 8 nitrogen and oxygen atoms in total. The van der Waals surface area contributed by atoms with E-state index in [0.29, 0.717) is 6.42 Å². The molecular weight excluding hydrogens is 374 g/mol. The van der Waals surface area contributed by atoms with Crippen molar-refractivity contribution in [2.45, 2.75) is 70.2 Å². The van der Waals surface area contributed by atoms with E-state index in [1.165, 1.54) is 0 Å². The first kappa shape index (κ1) is 22.7. The molecule has 160 valence electrons. The van der Waals surface area contributed by atoms with Crippen LogP contribution in [0.5, 0.6) is 0 Å². The van der Waals surface area contributed by atoms with E-state index < -0.39 is 36.1 Å². The van der Waals surface area contributed by atoms with Crippen molar-refractivity contribution < 1.29 is 24.6 Å². The van der Waals surface area contributed by atoms with Gasteiger partial charge in [0.1, 0.15) is 6.04 Å². The van der Waals surface area contributed by atoms with E-state index in [1.54, 1.807) is 0 Å². The third-order valence-electron chi connectivity index (χ3n) is 5.03. The molecule has 1 aromatic rings. The second-order valence-corrected chi connectivity index (χ2v) is 8.09. The summed E-state index contributed by atoms with van der Waals surface area (Å²) < 4.78 is 0.